The summed E-state index contributed by atoms with van der Waals surface area (Å²) >= 11 is 0. The maximum atomic E-state index is 6.27. The van der Waals surface area contributed by atoms with E-state index >= 15 is 0 Å². The normalized spacial score (nSPS) is 23.8. The highest BCUT2D eigenvalue weighted by atomic mass is 16.3. The van der Waals surface area contributed by atoms with Crippen molar-refractivity contribution >= 4 is 32.7 Å². The molecule has 0 spiro atoms. The summed E-state index contributed by atoms with van der Waals surface area (Å²) in [5.74, 6) is 4.94. The molecule has 4 aliphatic rings. The maximum Gasteiger partial charge on any atom is 0.164 e. The molecular weight excluding hydrogens is 550 g/mol. The Bertz CT molecular complexity index is 2230. The molecule has 0 N–H and O–H groups in total. The van der Waals surface area contributed by atoms with E-state index in [4.69, 9.17) is 19.4 Å². The van der Waals surface area contributed by atoms with Crippen molar-refractivity contribution < 1.29 is 4.42 Å². The lowest BCUT2D eigenvalue weighted by molar-refractivity contribution is -0.00938. The van der Waals surface area contributed by atoms with Crippen molar-refractivity contribution in [3.63, 3.8) is 0 Å². The van der Waals surface area contributed by atoms with Gasteiger partial charge in [-0.1, -0.05) is 91.0 Å². The number of nitrogens with zero attached hydrogens (tertiary/aromatic N) is 3. The number of benzene rings is 5. The molecule has 7 aromatic rings. The number of para-hydroxylation sites is 1. The van der Waals surface area contributed by atoms with Gasteiger partial charge in [-0.25, -0.2) is 15.0 Å². The summed E-state index contributed by atoms with van der Waals surface area (Å²) in [6.45, 7) is 0. The van der Waals surface area contributed by atoms with Gasteiger partial charge in [-0.3, -0.25) is 0 Å². The van der Waals surface area contributed by atoms with Gasteiger partial charge in [-0.15, -0.1) is 0 Å². The van der Waals surface area contributed by atoms with Gasteiger partial charge in [0.15, 0.2) is 11.6 Å². The minimum atomic E-state index is 0.0542. The molecule has 4 saturated carbocycles. The van der Waals surface area contributed by atoms with Crippen LogP contribution in [0.25, 0.3) is 66.6 Å². The first-order valence-electron chi connectivity index (χ1n) is 16.4. The first-order valence-corrected chi connectivity index (χ1v) is 16.4. The summed E-state index contributed by atoms with van der Waals surface area (Å²) in [5, 5.41) is 4.69. The molecule has 4 fully saturated rings. The van der Waals surface area contributed by atoms with E-state index < -0.39 is 0 Å². The molecule has 11 rings (SSSR count). The molecule has 4 bridgehead atoms. The minimum Gasteiger partial charge on any atom is -0.456 e. The second kappa shape index (κ2) is 9.58. The first-order chi connectivity index (χ1) is 22.2. The Kier molecular flexibility index (Phi) is 5.43. The predicted octanol–water partition coefficient (Wildman–Crippen LogP) is 10.4. The van der Waals surface area contributed by atoms with Crippen molar-refractivity contribution in [2.24, 2.45) is 17.8 Å². The van der Waals surface area contributed by atoms with Gasteiger partial charge in [-0.05, 0) is 96.4 Å². The second-order valence-electron chi connectivity index (χ2n) is 13.9. The van der Waals surface area contributed by atoms with Crippen LogP contribution >= 0.6 is 0 Å². The fraction of sp³-hybridized carbons (Fsp3) is 0.244. The number of furan rings is 1. The molecule has 2 aromatic heterocycles. The Morgan fingerprint density at radius 3 is 1.98 bits per heavy atom. The molecular formula is C41H33N3O. The van der Waals surface area contributed by atoms with Crippen LogP contribution in [-0.2, 0) is 5.41 Å². The van der Waals surface area contributed by atoms with Crippen molar-refractivity contribution in [2.45, 2.75) is 43.9 Å². The van der Waals surface area contributed by atoms with Gasteiger partial charge < -0.3 is 4.42 Å². The molecule has 0 radical (unpaired) electrons. The number of hydrogen-bond acceptors (Lipinski definition) is 4. The van der Waals surface area contributed by atoms with E-state index in [2.05, 4.69) is 91.0 Å². The van der Waals surface area contributed by atoms with E-state index in [0.717, 1.165) is 68.3 Å². The minimum absolute atomic E-state index is 0.0542. The third-order valence-corrected chi connectivity index (χ3v) is 11.0. The molecule has 0 saturated heterocycles. The Hall–Kier alpha value is -4.83. The fourth-order valence-electron chi connectivity index (χ4n) is 9.39. The Labute approximate surface area is 262 Å². The molecule has 5 aromatic carbocycles. The van der Waals surface area contributed by atoms with E-state index in [1.165, 1.54) is 60.4 Å². The fourth-order valence-corrected chi connectivity index (χ4v) is 9.39. The lowest BCUT2D eigenvalue weighted by atomic mass is 9.49. The van der Waals surface area contributed by atoms with Crippen molar-refractivity contribution in [1.29, 1.82) is 0 Å². The molecule has 4 nitrogen and oxygen atoms in total. The van der Waals surface area contributed by atoms with Crippen LogP contribution in [0.4, 0.5) is 0 Å². The Morgan fingerprint density at radius 2 is 1.18 bits per heavy atom. The van der Waals surface area contributed by atoms with Crippen LogP contribution in [0.5, 0.6) is 0 Å². The zero-order valence-corrected chi connectivity index (χ0v) is 25.1. The first kappa shape index (κ1) is 25.5. The SMILES string of the molecule is c1ccc2cc(-c3ccc(-c4nc(-c5cccc6oc7ccccc7c56)nc(C56CC7CC(CC(C7)C5)C6)n4)cc3)ccc2c1. The van der Waals surface area contributed by atoms with Crippen molar-refractivity contribution in [1.82, 2.24) is 15.0 Å². The van der Waals surface area contributed by atoms with Gasteiger partial charge in [0.1, 0.15) is 17.0 Å². The second-order valence-corrected chi connectivity index (χ2v) is 13.9. The zero-order valence-electron chi connectivity index (χ0n) is 25.1. The van der Waals surface area contributed by atoms with Crippen molar-refractivity contribution in [2.75, 3.05) is 0 Å². The Balaban J connectivity index is 1.13. The monoisotopic (exact) mass is 583 g/mol. The largest absolute Gasteiger partial charge is 0.456 e. The van der Waals surface area contributed by atoms with Crippen LogP contribution in [0.1, 0.15) is 44.3 Å². The summed E-state index contributed by atoms with van der Waals surface area (Å²) < 4.78 is 6.27. The van der Waals surface area contributed by atoms with Gasteiger partial charge in [0.05, 0.1) is 0 Å². The van der Waals surface area contributed by atoms with Crippen LogP contribution in [-0.4, -0.2) is 15.0 Å². The highest BCUT2D eigenvalue weighted by Gasteiger charge is 2.53. The summed E-state index contributed by atoms with van der Waals surface area (Å²) in [5.41, 5.74) is 6.25. The third kappa shape index (κ3) is 4.08. The average Bonchev–Trinajstić information content (AvgIpc) is 3.46. The van der Waals surface area contributed by atoms with Gasteiger partial charge in [0, 0.05) is 27.3 Å². The molecule has 4 heteroatoms. The van der Waals surface area contributed by atoms with Crippen LogP contribution in [0.3, 0.4) is 0 Å². The molecule has 0 unspecified atom stereocenters. The standard InChI is InChI=1S/C41H33N3O/c1-2-7-31-21-32(17-14-28(31)6-1)29-12-15-30(16-13-29)38-42-39(34-9-5-11-36-37(34)33-8-3-4-10-35(33)45-36)44-40(43-38)41-22-25-18-26(23-41)20-27(19-25)24-41/h1-17,21,25-27H,18-20,22-24H2. The van der Waals surface area contributed by atoms with Gasteiger partial charge in [0.25, 0.3) is 0 Å². The molecule has 0 amide bonds. The smallest absolute Gasteiger partial charge is 0.164 e. The lowest BCUT2D eigenvalue weighted by Crippen LogP contribution is -2.49. The van der Waals surface area contributed by atoms with E-state index in [1.807, 2.05) is 18.2 Å². The molecule has 4 aliphatic carbocycles. The molecule has 2 heterocycles. The highest BCUT2D eigenvalue weighted by Crippen LogP contribution is 2.60. The van der Waals surface area contributed by atoms with Gasteiger partial charge in [0.2, 0.25) is 0 Å². The molecule has 0 atom stereocenters. The van der Waals surface area contributed by atoms with E-state index in [0.29, 0.717) is 0 Å². The predicted molar refractivity (Wildman–Crippen MR) is 181 cm³/mol. The van der Waals surface area contributed by atoms with Gasteiger partial charge >= 0.3 is 0 Å². The molecule has 45 heavy (non-hydrogen) atoms. The summed E-state index contributed by atoms with van der Waals surface area (Å²) in [7, 11) is 0. The maximum absolute atomic E-state index is 6.27. The molecule has 218 valence electrons. The summed E-state index contributed by atoms with van der Waals surface area (Å²) in [4.78, 5) is 16.0. The lowest BCUT2D eigenvalue weighted by Gasteiger charge is -2.56. The summed E-state index contributed by atoms with van der Waals surface area (Å²) in [6, 6.07) is 38.5. The molecule has 0 aliphatic heterocycles. The Morgan fingerprint density at radius 1 is 0.533 bits per heavy atom. The number of aromatic nitrogens is 3. The summed E-state index contributed by atoms with van der Waals surface area (Å²) in [6.07, 6.45) is 7.80. The highest BCUT2D eigenvalue weighted by molar-refractivity contribution is 6.11. The van der Waals surface area contributed by atoms with Crippen LogP contribution < -0.4 is 0 Å². The number of fused-ring (bicyclic) bond motifs is 4. The number of rotatable bonds is 4. The quantitative estimate of drug-likeness (QED) is 0.207. The van der Waals surface area contributed by atoms with Crippen molar-refractivity contribution in [3.8, 4) is 33.9 Å². The zero-order chi connectivity index (χ0) is 29.5. The average molecular weight is 584 g/mol. The van der Waals surface area contributed by atoms with Crippen LogP contribution in [0.2, 0.25) is 0 Å². The van der Waals surface area contributed by atoms with E-state index in [1.54, 1.807) is 0 Å². The van der Waals surface area contributed by atoms with E-state index in [9.17, 15) is 0 Å². The van der Waals surface area contributed by atoms with Crippen molar-refractivity contribution in [3.05, 3.63) is 115 Å². The van der Waals surface area contributed by atoms with Crippen LogP contribution in [0.15, 0.2) is 114 Å². The third-order valence-electron chi connectivity index (χ3n) is 11.0. The topological polar surface area (TPSA) is 51.8 Å². The van der Waals surface area contributed by atoms with Crippen LogP contribution in [0, 0.1) is 17.8 Å². The van der Waals surface area contributed by atoms with E-state index in [-0.39, 0.29) is 5.41 Å². The number of hydrogen-bond donors (Lipinski definition) is 0. The van der Waals surface area contributed by atoms with Gasteiger partial charge in [-0.2, -0.15) is 0 Å².